The molecule has 0 amide bonds. The summed E-state index contributed by atoms with van der Waals surface area (Å²) in [4.78, 5) is 31.1. The van der Waals surface area contributed by atoms with Crippen molar-refractivity contribution in [1.82, 2.24) is 9.55 Å². The minimum atomic E-state index is -0.467. The molecule has 0 saturated carbocycles. The zero-order valence-corrected chi connectivity index (χ0v) is 21.0. The van der Waals surface area contributed by atoms with E-state index in [0.29, 0.717) is 24.3 Å². The van der Waals surface area contributed by atoms with Gasteiger partial charge in [-0.25, -0.2) is 4.79 Å². The number of esters is 1. The highest BCUT2D eigenvalue weighted by Crippen LogP contribution is 2.32. The number of ether oxygens (including phenoxy) is 3. The minimum Gasteiger partial charge on any atom is -0.486 e. The predicted molar refractivity (Wildman–Crippen MR) is 139 cm³/mol. The molecule has 1 aliphatic heterocycles. The fraction of sp³-hybridized carbons (Fsp3) is 0.300. The number of rotatable bonds is 6. The van der Waals surface area contributed by atoms with Gasteiger partial charge in [-0.05, 0) is 62.9 Å². The van der Waals surface area contributed by atoms with Gasteiger partial charge in [-0.15, -0.1) is 0 Å². The molecule has 7 nitrogen and oxygen atoms in total. The normalized spacial score (nSPS) is 16.0. The van der Waals surface area contributed by atoms with Crippen molar-refractivity contribution in [2.75, 3.05) is 13.2 Å². The van der Waals surface area contributed by atoms with Crippen molar-refractivity contribution in [1.29, 1.82) is 0 Å². The molecule has 0 N–H and O–H groups in total. The first-order valence-corrected chi connectivity index (χ1v) is 12.7. The van der Waals surface area contributed by atoms with Gasteiger partial charge in [0.1, 0.15) is 6.61 Å². The van der Waals surface area contributed by atoms with E-state index >= 15 is 0 Å². The lowest BCUT2D eigenvalue weighted by Gasteiger charge is -2.27. The number of carbonyl (C=O) groups excluding carboxylic acids is 2. The molecule has 0 saturated heterocycles. The lowest BCUT2D eigenvalue weighted by molar-refractivity contribution is 0.0475. The van der Waals surface area contributed by atoms with Crippen molar-refractivity contribution in [3.8, 4) is 11.5 Å². The van der Waals surface area contributed by atoms with Gasteiger partial charge in [0.2, 0.25) is 5.78 Å². The number of para-hydroxylation sites is 3. The molecule has 2 aliphatic rings. The Hall–Kier alpha value is -4.13. The lowest BCUT2D eigenvalue weighted by atomic mass is 10.0. The molecule has 1 atom stereocenters. The fourth-order valence-corrected chi connectivity index (χ4v) is 5.45. The van der Waals surface area contributed by atoms with Crippen molar-refractivity contribution in [2.45, 2.75) is 45.8 Å². The maximum absolute atomic E-state index is 13.2. The van der Waals surface area contributed by atoms with Gasteiger partial charge in [-0.1, -0.05) is 30.3 Å². The van der Waals surface area contributed by atoms with Gasteiger partial charge in [-0.2, -0.15) is 0 Å². The Balaban J connectivity index is 1.18. The lowest BCUT2D eigenvalue weighted by Crippen LogP contribution is -2.33. The van der Waals surface area contributed by atoms with Crippen molar-refractivity contribution in [3.05, 3.63) is 88.4 Å². The van der Waals surface area contributed by atoms with Crippen LogP contribution in [0.15, 0.2) is 54.6 Å². The van der Waals surface area contributed by atoms with Crippen molar-refractivity contribution < 1.29 is 23.8 Å². The number of Topliss-reactive ketones (excluding diaryl/α,β-unsaturated/α-hetero) is 1. The van der Waals surface area contributed by atoms with Gasteiger partial charge in [0.05, 0.1) is 17.6 Å². The number of hydrogen-bond donors (Lipinski definition) is 0. The van der Waals surface area contributed by atoms with Crippen LogP contribution in [0.4, 0.5) is 0 Å². The molecule has 0 spiro atoms. The summed E-state index contributed by atoms with van der Waals surface area (Å²) in [6.07, 6.45) is 2.43. The molecule has 0 fully saturated rings. The highest BCUT2D eigenvalue weighted by Gasteiger charge is 2.27. The zero-order valence-electron chi connectivity index (χ0n) is 21.0. The van der Waals surface area contributed by atoms with Crippen LogP contribution in [0.5, 0.6) is 11.5 Å². The Bertz CT molecular complexity index is 1540. The number of ketones is 1. The van der Waals surface area contributed by atoms with Crippen LogP contribution in [-0.2, 0) is 24.1 Å². The Morgan fingerprint density at radius 1 is 1.05 bits per heavy atom. The van der Waals surface area contributed by atoms with Crippen molar-refractivity contribution in [3.63, 3.8) is 0 Å². The van der Waals surface area contributed by atoms with E-state index in [-0.39, 0.29) is 18.5 Å². The van der Waals surface area contributed by atoms with E-state index in [0.717, 1.165) is 64.3 Å². The summed E-state index contributed by atoms with van der Waals surface area (Å²) in [5, 5.41) is 0.773. The van der Waals surface area contributed by atoms with Crippen LogP contribution in [0, 0.1) is 13.8 Å². The Kier molecular flexibility index (Phi) is 5.91. The van der Waals surface area contributed by atoms with Crippen LogP contribution in [-0.4, -0.2) is 40.6 Å². The SMILES string of the molecule is Cc1cc(C(=O)COC(=O)c2c3c(nc4ccccc24)CCC3)c(C)n1CC1COc2ccccc2O1. The summed E-state index contributed by atoms with van der Waals surface area (Å²) in [5.41, 5.74) is 5.53. The smallest absolute Gasteiger partial charge is 0.339 e. The molecule has 2 aromatic heterocycles. The third-order valence-corrected chi connectivity index (χ3v) is 7.29. The average molecular weight is 497 g/mol. The topological polar surface area (TPSA) is 79.7 Å². The largest absolute Gasteiger partial charge is 0.486 e. The van der Waals surface area contributed by atoms with E-state index in [2.05, 4.69) is 4.57 Å². The Labute approximate surface area is 215 Å². The molecule has 6 rings (SSSR count). The van der Waals surface area contributed by atoms with E-state index in [4.69, 9.17) is 19.2 Å². The van der Waals surface area contributed by atoms with Crippen molar-refractivity contribution >= 4 is 22.7 Å². The van der Waals surface area contributed by atoms with Crippen LogP contribution in [0.1, 0.15) is 49.8 Å². The number of nitrogens with zero attached hydrogens (tertiary/aromatic N) is 2. The molecule has 3 heterocycles. The van der Waals surface area contributed by atoms with Gasteiger partial charge in [0.15, 0.2) is 24.2 Å². The number of benzene rings is 2. The second kappa shape index (κ2) is 9.39. The quantitative estimate of drug-likeness (QED) is 0.275. The van der Waals surface area contributed by atoms with Gasteiger partial charge >= 0.3 is 5.97 Å². The zero-order chi connectivity index (χ0) is 25.5. The molecule has 37 heavy (non-hydrogen) atoms. The summed E-state index contributed by atoms with van der Waals surface area (Å²) in [6, 6.07) is 17.1. The summed E-state index contributed by atoms with van der Waals surface area (Å²) >= 11 is 0. The number of hydrogen-bond acceptors (Lipinski definition) is 6. The first kappa shape index (κ1) is 23.3. The summed E-state index contributed by atoms with van der Waals surface area (Å²) in [7, 11) is 0. The standard InChI is InChI=1S/C30H28N2O5/c1-18-14-23(19(2)32(18)15-20-16-35-27-12-5-6-13-28(27)37-20)26(33)17-36-30(34)29-21-8-3-4-10-24(21)31-25-11-7-9-22(25)29/h3-6,8,10,12-14,20H,7,9,11,15-17H2,1-2H3. The number of pyridine rings is 1. The Morgan fingerprint density at radius 2 is 1.84 bits per heavy atom. The van der Waals surface area contributed by atoms with Crippen LogP contribution in [0.25, 0.3) is 10.9 Å². The summed E-state index contributed by atoms with van der Waals surface area (Å²) in [5.74, 6) is 0.767. The molecule has 7 heteroatoms. The van der Waals surface area contributed by atoms with Crippen LogP contribution in [0.2, 0.25) is 0 Å². The van der Waals surface area contributed by atoms with E-state index in [1.54, 1.807) is 0 Å². The Morgan fingerprint density at radius 3 is 2.70 bits per heavy atom. The highest BCUT2D eigenvalue weighted by atomic mass is 16.6. The predicted octanol–water partition coefficient (Wildman–Crippen LogP) is 5.02. The molecule has 2 aromatic carbocycles. The first-order valence-electron chi connectivity index (χ1n) is 12.7. The maximum Gasteiger partial charge on any atom is 0.339 e. The molecule has 4 aromatic rings. The minimum absolute atomic E-state index is 0.178. The molecule has 1 unspecified atom stereocenters. The van der Waals surface area contributed by atoms with Crippen molar-refractivity contribution in [2.24, 2.45) is 0 Å². The van der Waals surface area contributed by atoms with Crippen LogP contribution in [0.3, 0.4) is 0 Å². The van der Waals surface area contributed by atoms with Crippen LogP contribution >= 0.6 is 0 Å². The molecular formula is C30H28N2O5. The third-order valence-electron chi connectivity index (χ3n) is 7.29. The van der Waals surface area contributed by atoms with Gasteiger partial charge in [0.25, 0.3) is 0 Å². The summed E-state index contributed by atoms with van der Waals surface area (Å²) in [6.45, 7) is 4.53. The van der Waals surface area contributed by atoms with Gasteiger partial charge in [0, 0.05) is 28.0 Å². The highest BCUT2D eigenvalue weighted by molar-refractivity contribution is 6.06. The van der Waals surface area contributed by atoms with E-state index in [9.17, 15) is 9.59 Å². The molecular weight excluding hydrogens is 468 g/mol. The fourth-order valence-electron chi connectivity index (χ4n) is 5.45. The monoisotopic (exact) mass is 496 g/mol. The maximum atomic E-state index is 13.2. The molecule has 0 bridgehead atoms. The molecule has 0 radical (unpaired) electrons. The van der Waals surface area contributed by atoms with Gasteiger partial charge in [-0.3, -0.25) is 9.78 Å². The second-order valence-corrected chi connectivity index (χ2v) is 9.68. The van der Waals surface area contributed by atoms with E-state index in [1.165, 1.54) is 0 Å². The number of aryl methyl sites for hydroxylation is 2. The number of carbonyl (C=O) groups is 2. The second-order valence-electron chi connectivity index (χ2n) is 9.68. The number of aromatic nitrogens is 2. The number of fused-ring (bicyclic) bond motifs is 3. The molecule has 1 aliphatic carbocycles. The van der Waals surface area contributed by atoms with Gasteiger partial charge < -0.3 is 18.8 Å². The van der Waals surface area contributed by atoms with E-state index in [1.807, 2.05) is 68.4 Å². The first-order chi connectivity index (χ1) is 18.0. The van der Waals surface area contributed by atoms with Crippen LogP contribution < -0.4 is 9.47 Å². The van der Waals surface area contributed by atoms with E-state index < -0.39 is 5.97 Å². The summed E-state index contributed by atoms with van der Waals surface area (Å²) < 4.78 is 19.6. The molecule has 188 valence electrons. The average Bonchev–Trinajstić information content (AvgIpc) is 3.49. The third kappa shape index (κ3) is 4.24.